The fourth-order valence-corrected chi connectivity index (χ4v) is 0.892. The molecule has 88 valence electrons. The summed E-state index contributed by atoms with van der Waals surface area (Å²) in [5.41, 5.74) is 0. The number of aromatic nitrogens is 2. The van der Waals surface area contributed by atoms with Gasteiger partial charge in [0.2, 0.25) is 11.8 Å². The van der Waals surface area contributed by atoms with Gasteiger partial charge in [-0.25, -0.2) is 0 Å². The number of carbonyl (C=O) groups excluding carboxylic acids is 1. The number of carbonyl (C=O) groups is 1. The minimum atomic E-state index is -0.966. The van der Waals surface area contributed by atoms with Crippen molar-refractivity contribution in [2.24, 2.45) is 0 Å². The molecule has 3 N–H and O–H groups in total. The third kappa shape index (κ3) is 4.20. The van der Waals surface area contributed by atoms with Crippen molar-refractivity contribution in [3.8, 4) is 5.88 Å². The van der Waals surface area contributed by atoms with E-state index in [1.54, 1.807) is 0 Å². The van der Waals surface area contributed by atoms with Crippen LogP contribution in [0.3, 0.4) is 0 Å². The molecular weight excluding hydrogens is 214 g/mol. The summed E-state index contributed by atoms with van der Waals surface area (Å²) >= 11 is 0. The van der Waals surface area contributed by atoms with Crippen LogP contribution in [-0.2, 0) is 4.79 Å². The van der Waals surface area contributed by atoms with Gasteiger partial charge in [0.15, 0.2) is 5.82 Å². The average molecular weight is 227 g/mol. The quantitative estimate of drug-likeness (QED) is 0.606. The van der Waals surface area contributed by atoms with Crippen LogP contribution in [0.1, 0.15) is 6.92 Å². The number of nitrogens with one attached hydrogen (secondary N) is 1. The summed E-state index contributed by atoms with van der Waals surface area (Å²) in [5.74, 6) is 0.170. The summed E-state index contributed by atoms with van der Waals surface area (Å²) in [6.07, 6.45) is 1.75. The number of ether oxygens (including phenoxy) is 1. The molecule has 1 aromatic heterocycles. The summed E-state index contributed by atoms with van der Waals surface area (Å²) in [7, 11) is 0. The van der Waals surface area contributed by atoms with Gasteiger partial charge in [-0.1, -0.05) is 0 Å². The van der Waals surface area contributed by atoms with Crippen LogP contribution in [-0.4, -0.2) is 45.4 Å². The van der Waals surface area contributed by atoms with Crippen molar-refractivity contribution in [2.45, 2.75) is 13.0 Å². The number of anilines is 1. The van der Waals surface area contributed by atoms with Crippen LogP contribution in [0.5, 0.6) is 5.88 Å². The summed E-state index contributed by atoms with van der Waals surface area (Å²) in [5, 5.41) is 20.0. The number of aliphatic hydroxyl groups is 2. The molecule has 0 bridgehead atoms. The highest BCUT2D eigenvalue weighted by atomic mass is 16.5. The molecule has 0 saturated carbocycles. The van der Waals surface area contributed by atoms with Gasteiger partial charge in [-0.2, -0.15) is 4.98 Å². The van der Waals surface area contributed by atoms with E-state index in [4.69, 9.17) is 14.9 Å². The van der Waals surface area contributed by atoms with Gasteiger partial charge in [0.1, 0.15) is 12.7 Å². The van der Waals surface area contributed by atoms with Crippen molar-refractivity contribution >= 4 is 11.7 Å². The highest BCUT2D eigenvalue weighted by Crippen LogP contribution is 2.08. The van der Waals surface area contributed by atoms with Crippen molar-refractivity contribution in [1.82, 2.24) is 9.97 Å². The highest BCUT2D eigenvalue weighted by Gasteiger charge is 2.05. The average Bonchev–Trinajstić information content (AvgIpc) is 2.25. The van der Waals surface area contributed by atoms with E-state index >= 15 is 0 Å². The molecule has 0 fully saturated rings. The summed E-state index contributed by atoms with van der Waals surface area (Å²) < 4.78 is 5.05. The zero-order valence-corrected chi connectivity index (χ0v) is 8.75. The van der Waals surface area contributed by atoms with Crippen LogP contribution in [0.2, 0.25) is 0 Å². The highest BCUT2D eigenvalue weighted by molar-refractivity contribution is 5.87. The van der Waals surface area contributed by atoms with Gasteiger partial charge in [0.25, 0.3) is 0 Å². The zero-order valence-electron chi connectivity index (χ0n) is 8.75. The number of nitrogens with zero attached hydrogens (tertiary/aromatic N) is 2. The SMILES string of the molecule is CC(=O)Nc1cncc(OC[C@@H](O)CO)n1. The van der Waals surface area contributed by atoms with Gasteiger partial charge in [0.05, 0.1) is 19.0 Å². The molecule has 0 aliphatic heterocycles. The minimum absolute atomic E-state index is 0.0886. The number of hydrogen-bond donors (Lipinski definition) is 3. The fraction of sp³-hybridized carbons (Fsp3) is 0.444. The van der Waals surface area contributed by atoms with E-state index in [0.717, 1.165) is 0 Å². The third-order valence-electron chi connectivity index (χ3n) is 1.55. The van der Waals surface area contributed by atoms with Crippen molar-refractivity contribution in [3.05, 3.63) is 12.4 Å². The van der Waals surface area contributed by atoms with E-state index in [-0.39, 0.29) is 24.2 Å². The van der Waals surface area contributed by atoms with Gasteiger partial charge in [-0.3, -0.25) is 9.78 Å². The zero-order chi connectivity index (χ0) is 12.0. The molecule has 7 nitrogen and oxygen atoms in total. The second-order valence-corrected chi connectivity index (χ2v) is 3.07. The van der Waals surface area contributed by atoms with E-state index in [9.17, 15) is 4.79 Å². The molecule has 16 heavy (non-hydrogen) atoms. The molecule has 1 heterocycles. The molecule has 0 aromatic carbocycles. The molecule has 1 atom stereocenters. The minimum Gasteiger partial charge on any atom is -0.474 e. The molecule has 0 unspecified atom stereocenters. The van der Waals surface area contributed by atoms with Gasteiger partial charge in [-0.05, 0) is 0 Å². The van der Waals surface area contributed by atoms with E-state index < -0.39 is 12.7 Å². The molecule has 0 radical (unpaired) electrons. The topological polar surface area (TPSA) is 105 Å². The summed E-state index contributed by atoms with van der Waals surface area (Å²) in [6.45, 7) is 0.873. The number of amides is 1. The van der Waals surface area contributed by atoms with Crippen LogP contribution in [0.4, 0.5) is 5.82 Å². The second kappa shape index (κ2) is 5.99. The largest absolute Gasteiger partial charge is 0.474 e. The van der Waals surface area contributed by atoms with Gasteiger partial charge in [0, 0.05) is 6.92 Å². The van der Waals surface area contributed by atoms with Crippen LogP contribution in [0.15, 0.2) is 12.4 Å². The van der Waals surface area contributed by atoms with Crippen molar-refractivity contribution < 1.29 is 19.7 Å². The number of hydrogen-bond acceptors (Lipinski definition) is 6. The molecule has 7 heteroatoms. The first-order chi connectivity index (χ1) is 7.61. The Morgan fingerprint density at radius 3 is 3.00 bits per heavy atom. The Morgan fingerprint density at radius 1 is 1.62 bits per heavy atom. The Kier molecular flexibility index (Phi) is 4.62. The van der Waals surface area contributed by atoms with Crippen LogP contribution >= 0.6 is 0 Å². The Balaban J connectivity index is 2.56. The first-order valence-electron chi connectivity index (χ1n) is 4.63. The van der Waals surface area contributed by atoms with Crippen molar-refractivity contribution in [3.63, 3.8) is 0 Å². The first kappa shape index (κ1) is 12.3. The standard InChI is InChI=1S/C9H13N3O4/c1-6(14)11-8-2-10-3-9(12-8)16-5-7(15)4-13/h2-3,7,13,15H,4-5H2,1H3,(H,11,12,14)/t7-/m0/s1. The van der Waals surface area contributed by atoms with E-state index in [2.05, 4.69) is 15.3 Å². The van der Waals surface area contributed by atoms with Gasteiger partial charge < -0.3 is 20.3 Å². The number of aliphatic hydroxyl groups excluding tert-OH is 2. The summed E-state index contributed by atoms with van der Waals surface area (Å²) in [6, 6.07) is 0. The van der Waals surface area contributed by atoms with Gasteiger partial charge in [-0.15, -0.1) is 0 Å². The predicted molar refractivity (Wildman–Crippen MR) is 54.9 cm³/mol. The monoisotopic (exact) mass is 227 g/mol. The second-order valence-electron chi connectivity index (χ2n) is 3.07. The fourth-order valence-electron chi connectivity index (χ4n) is 0.892. The lowest BCUT2D eigenvalue weighted by molar-refractivity contribution is -0.114. The lowest BCUT2D eigenvalue weighted by atomic mass is 10.4. The van der Waals surface area contributed by atoms with Gasteiger partial charge >= 0.3 is 0 Å². The maximum atomic E-state index is 10.7. The number of rotatable bonds is 5. The van der Waals surface area contributed by atoms with E-state index in [0.29, 0.717) is 0 Å². The smallest absolute Gasteiger partial charge is 0.234 e. The molecule has 0 aliphatic rings. The molecule has 0 saturated heterocycles. The molecule has 1 amide bonds. The summed E-state index contributed by atoms with van der Waals surface area (Å²) in [4.78, 5) is 18.4. The maximum absolute atomic E-state index is 10.7. The predicted octanol–water partition coefficient (Wildman–Crippen LogP) is -0.833. The molecule has 0 aliphatic carbocycles. The maximum Gasteiger partial charge on any atom is 0.234 e. The Bertz CT molecular complexity index is 358. The van der Waals surface area contributed by atoms with Crippen LogP contribution in [0.25, 0.3) is 0 Å². The van der Waals surface area contributed by atoms with E-state index in [1.165, 1.54) is 19.3 Å². The Hall–Kier alpha value is -1.73. The molecule has 1 aromatic rings. The third-order valence-corrected chi connectivity index (χ3v) is 1.55. The Labute approximate surface area is 92.1 Å². The molecule has 1 rings (SSSR count). The Morgan fingerprint density at radius 2 is 2.38 bits per heavy atom. The molecule has 0 spiro atoms. The van der Waals surface area contributed by atoms with Crippen LogP contribution in [0, 0.1) is 0 Å². The van der Waals surface area contributed by atoms with Crippen LogP contribution < -0.4 is 10.1 Å². The van der Waals surface area contributed by atoms with Crippen molar-refractivity contribution in [1.29, 1.82) is 0 Å². The first-order valence-corrected chi connectivity index (χ1v) is 4.63. The molecular formula is C9H13N3O4. The normalized spacial score (nSPS) is 11.9. The lowest BCUT2D eigenvalue weighted by Crippen LogP contribution is -2.21. The van der Waals surface area contributed by atoms with E-state index in [1.807, 2.05) is 0 Å². The lowest BCUT2D eigenvalue weighted by Gasteiger charge is -2.09. The van der Waals surface area contributed by atoms with Crippen molar-refractivity contribution in [2.75, 3.05) is 18.5 Å².